The second kappa shape index (κ2) is 5.99. The van der Waals surface area contributed by atoms with Gasteiger partial charge in [-0.2, -0.15) is 13.2 Å². The maximum absolute atomic E-state index is 12.5. The van der Waals surface area contributed by atoms with Crippen molar-refractivity contribution in [3.05, 3.63) is 29.8 Å². The molecule has 0 spiro atoms. The van der Waals surface area contributed by atoms with E-state index in [1.807, 2.05) is 0 Å². The Labute approximate surface area is 123 Å². The zero-order valence-corrected chi connectivity index (χ0v) is 12.7. The van der Waals surface area contributed by atoms with Crippen molar-refractivity contribution in [1.82, 2.24) is 0 Å². The fraction of sp³-hybridized carbons (Fsp3) is 0.600. The molecule has 21 heavy (non-hydrogen) atoms. The standard InChI is InChI=1S/C15H19F3O2S/c1-2-11-3-7-13(8-4-11)21(19,20)14-9-5-12(6-10-14)15(16,17)18/h5-6,9-11,13H,2-4,7-8H2,1H3. The molecule has 6 heteroatoms. The van der Waals surface area contributed by atoms with Gasteiger partial charge in [-0.1, -0.05) is 13.3 Å². The third-order valence-corrected chi connectivity index (χ3v) is 6.60. The average molecular weight is 320 g/mol. The molecule has 0 bridgehead atoms. The van der Waals surface area contributed by atoms with E-state index < -0.39 is 26.8 Å². The summed E-state index contributed by atoms with van der Waals surface area (Å²) in [5.41, 5.74) is -0.823. The molecule has 0 aromatic heterocycles. The van der Waals surface area contributed by atoms with E-state index in [-0.39, 0.29) is 4.90 Å². The molecule has 2 rings (SSSR count). The lowest BCUT2D eigenvalue weighted by Gasteiger charge is -2.27. The van der Waals surface area contributed by atoms with Crippen LogP contribution in [0.15, 0.2) is 29.2 Å². The first-order valence-electron chi connectivity index (χ1n) is 7.16. The summed E-state index contributed by atoms with van der Waals surface area (Å²) in [5, 5.41) is -0.461. The largest absolute Gasteiger partial charge is 0.416 e. The van der Waals surface area contributed by atoms with Crippen LogP contribution in [-0.2, 0) is 16.0 Å². The Morgan fingerprint density at radius 3 is 2.00 bits per heavy atom. The van der Waals surface area contributed by atoms with Gasteiger partial charge >= 0.3 is 6.18 Å². The zero-order valence-electron chi connectivity index (χ0n) is 11.9. The number of halogens is 3. The highest BCUT2D eigenvalue weighted by Gasteiger charge is 2.33. The van der Waals surface area contributed by atoms with Gasteiger partial charge in [0.1, 0.15) is 0 Å². The first-order valence-corrected chi connectivity index (χ1v) is 8.71. The van der Waals surface area contributed by atoms with E-state index in [1.54, 1.807) is 0 Å². The molecular weight excluding hydrogens is 301 g/mol. The molecule has 1 aliphatic rings. The van der Waals surface area contributed by atoms with Gasteiger partial charge in [-0.05, 0) is 55.9 Å². The maximum Gasteiger partial charge on any atom is 0.416 e. The van der Waals surface area contributed by atoms with Crippen molar-refractivity contribution in [3.63, 3.8) is 0 Å². The molecule has 0 radical (unpaired) electrons. The van der Waals surface area contributed by atoms with Crippen molar-refractivity contribution in [2.75, 3.05) is 0 Å². The molecule has 1 saturated carbocycles. The van der Waals surface area contributed by atoms with Gasteiger partial charge in [0.05, 0.1) is 15.7 Å². The third-order valence-electron chi connectivity index (χ3n) is 4.32. The number of rotatable bonds is 3. The van der Waals surface area contributed by atoms with Gasteiger partial charge in [0.25, 0.3) is 0 Å². The molecule has 1 aromatic rings. The van der Waals surface area contributed by atoms with Crippen molar-refractivity contribution < 1.29 is 21.6 Å². The third kappa shape index (κ3) is 3.59. The highest BCUT2D eigenvalue weighted by Crippen LogP contribution is 2.34. The van der Waals surface area contributed by atoms with Crippen molar-refractivity contribution in [1.29, 1.82) is 0 Å². The summed E-state index contributed by atoms with van der Waals surface area (Å²) >= 11 is 0. The van der Waals surface area contributed by atoms with E-state index in [1.165, 1.54) is 0 Å². The van der Waals surface area contributed by atoms with E-state index in [9.17, 15) is 21.6 Å². The molecule has 1 aromatic carbocycles. The summed E-state index contributed by atoms with van der Waals surface area (Å²) in [7, 11) is -3.52. The highest BCUT2D eigenvalue weighted by molar-refractivity contribution is 7.92. The summed E-state index contributed by atoms with van der Waals surface area (Å²) in [4.78, 5) is -0.00421. The fourth-order valence-corrected chi connectivity index (χ4v) is 4.67. The Balaban J connectivity index is 2.17. The molecule has 2 nitrogen and oxygen atoms in total. The molecule has 1 fully saturated rings. The molecular formula is C15H19F3O2S. The number of hydrogen-bond donors (Lipinski definition) is 0. The summed E-state index contributed by atoms with van der Waals surface area (Å²) in [6.45, 7) is 2.09. The van der Waals surface area contributed by atoms with Crippen LogP contribution in [0.2, 0.25) is 0 Å². The Hall–Kier alpha value is -1.04. The number of hydrogen-bond acceptors (Lipinski definition) is 2. The van der Waals surface area contributed by atoms with Crippen LogP contribution in [0.3, 0.4) is 0 Å². The summed E-state index contributed by atoms with van der Waals surface area (Å²) in [5.74, 6) is 0.573. The van der Waals surface area contributed by atoms with Crippen molar-refractivity contribution in [2.24, 2.45) is 5.92 Å². The Morgan fingerprint density at radius 2 is 1.57 bits per heavy atom. The maximum atomic E-state index is 12.5. The molecule has 0 unspecified atom stereocenters. The first kappa shape index (κ1) is 16.3. The topological polar surface area (TPSA) is 34.1 Å². The van der Waals surface area contributed by atoms with Gasteiger partial charge in [-0.15, -0.1) is 0 Å². The lowest BCUT2D eigenvalue weighted by molar-refractivity contribution is -0.137. The van der Waals surface area contributed by atoms with Crippen molar-refractivity contribution in [3.8, 4) is 0 Å². The highest BCUT2D eigenvalue weighted by atomic mass is 32.2. The van der Waals surface area contributed by atoms with Crippen LogP contribution < -0.4 is 0 Å². The van der Waals surface area contributed by atoms with Gasteiger partial charge in [-0.25, -0.2) is 8.42 Å². The van der Waals surface area contributed by atoms with Crippen LogP contribution in [0.5, 0.6) is 0 Å². The minimum absolute atomic E-state index is 0.00421. The normalized spacial score (nSPS) is 24.0. The van der Waals surface area contributed by atoms with E-state index in [4.69, 9.17) is 0 Å². The number of sulfone groups is 1. The monoisotopic (exact) mass is 320 g/mol. The van der Waals surface area contributed by atoms with Gasteiger partial charge in [-0.3, -0.25) is 0 Å². The molecule has 0 atom stereocenters. The average Bonchev–Trinajstić information content (AvgIpc) is 2.46. The molecule has 0 aliphatic heterocycles. The van der Waals surface area contributed by atoms with Crippen LogP contribution in [0.1, 0.15) is 44.6 Å². The summed E-state index contributed by atoms with van der Waals surface area (Å²) in [6, 6.07) is 3.82. The zero-order chi connectivity index (χ0) is 15.7. The van der Waals surface area contributed by atoms with Gasteiger partial charge < -0.3 is 0 Å². The Kier molecular flexibility index (Phi) is 4.66. The minimum atomic E-state index is -4.44. The van der Waals surface area contributed by atoms with E-state index in [2.05, 4.69) is 6.92 Å². The molecule has 1 aliphatic carbocycles. The van der Waals surface area contributed by atoms with Crippen LogP contribution in [0.4, 0.5) is 13.2 Å². The van der Waals surface area contributed by atoms with Gasteiger partial charge in [0.2, 0.25) is 0 Å². The van der Waals surface area contributed by atoms with E-state index in [0.717, 1.165) is 43.5 Å². The Morgan fingerprint density at radius 1 is 1.05 bits per heavy atom. The van der Waals surface area contributed by atoms with Gasteiger partial charge in [0.15, 0.2) is 9.84 Å². The van der Waals surface area contributed by atoms with E-state index in [0.29, 0.717) is 18.8 Å². The Bertz CT molecular complexity index is 568. The van der Waals surface area contributed by atoms with Crippen molar-refractivity contribution in [2.45, 2.75) is 55.3 Å². The smallest absolute Gasteiger partial charge is 0.223 e. The number of benzene rings is 1. The second-order valence-electron chi connectivity index (χ2n) is 5.62. The van der Waals surface area contributed by atoms with E-state index >= 15 is 0 Å². The minimum Gasteiger partial charge on any atom is -0.223 e. The predicted octanol–water partition coefficient (Wildman–Crippen LogP) is 4.45. The summed E-state index contributed by atoms with van der Waals surface area (Å²) in [6.07, 6.45) is -0.444. The molecule has 0 N–H and O–H groups in total. The summed E-state index contributed by atoms with van der Waals surface area (Å²) < 4.78 is 62.4. The molecule has 0 amide bonds. The molecule has 118 valence electrons. The first-order chi connectivity index (χ1) is 9.75. The second-order valence-corrected chi connectivity index (χ2v) is 7.85. The van der Waals surface area contributed by atoms with Gasteiger partial charge in [0, 0.05) is 0 Å². The SMILES string of the molecule is CCC1CCC(S(=O)(=O)c2ccc(C(F)(F)F)cc2)CC1. The lowest BCUT2D eigenvalue weighted by atomic mass is 9.87. The lowest BCUT2D eigenvalue weighted by Crippen LogP contribution is -2.27. The fourth-order valence-electron chi connectivity index (χ4n) is 2.88. The van der Waals surface area contributed by atoms with Crippen LogP contribution in [-0.4, -0.2) is 13.7 Å². The predicted molar refractivity (Wildman–Crippen MR) is 74.7 cm³/mol. The molecule has 0 saturated heterocycles. The van der Waals surface area contributed by atoms with Crippen LogP contribution in [0.25, 0.3) is 0 Å². The quantitative estimate of drug-likeness (QED) is 0.824. The number of alkyl halides is 3. The van der Waals surface area contributed by atoms with Crippen LogP contribution in [0, 0.1) is 5.92 Å². The van der Waals surface area contributed by atoms with Crippen molar-refractivity contribution >= 4 is 9.84 Å². The van der Waals surface area contributed by atoms with Crippen LogP contribution >= 0.6 is 0 Å². The molecule has 0 heterocycles.